The standard InChI is InChI=1S/C79H102N16O15/c1-8-44(4)68(95-78(109)66(39-52-42-84-58-23-15-13-21-56(52)58)94-76(107)63(35-48-18-10-9-11-19-48)92-74(105)62(87-47(7)96)36-49-25-29-53(97)30-26-49)79(110)86-46(6)71(102)90-65(38-51-41-83-57-22-14-12-20-55(51)57)77(108)93-64(37-50-27-31-54(98)32-28-50)75(106)88-59(24-16-17-33-80)72(103)91-61(34-43(2)3)73(104)85-45(5)70(101)89-60(69(82)100)40-67(81)99/h9-15,18-23,25-32,41-46,59-66,68,83-84,97-98H,8,16-17,24,33-40,80H2,1-7H3,(H2,81,99)(H2,82,100)(H,85,104)(H,86,110)(H,87,96)(H,88,106)(H,89,101)(H,90,102)(H,91,103)(H,92,105)(H,93,108)(H,94,107)(H,95,109)/t44-,45-,46-,59-,60-,61-,62-,63-,64-,65-,66-,68-/m0/s1. The summed E-state index contributed by atoms with van der Waals surface area (Å²) in [5.74, 6) is -11.8. The van der Waals surface area contributed by atoms with Crippen molar-refractivity contribution < 1.29 is 72.5 Å². The molecular formula is C79H102N16O15. The van der Waals surface area contributed by atoms with Crippen LogP contribution in [0.3, 0.4) is 0 Å². The third-order valence-electron chi connectivity index (χ3n) is 18.7. The number of amides is 13. The van der Waals surface area contributed by atoms with Crippen LogP contribution < -0.4 is 75.7 Å². The highest BCUT2D eigenvalue weighted by molar-refractivity contribution is 6.00. The van der Waals surface area contributed by atoms with E-state index in [1.807, 2.05) is 18.2 Å². The molecule has 0 bridgehead atoms. The van der Waals surface area contributed by atoms with Gasteiger partial charge in [0.15, 0.2) is 0 Å². The van der Waals surface area contributed by atoms with Gasteiger partial charge in [0, 0.05) is 73.2 Å². The Morgan fingerprint density at radius 1 is 0.400 bits per heavy atom. The zero-order valence-corrected chi connectivity index (χ0v) is 62.7. The van der Waals surface area contributed by atoms with Crippen molar-refractivity contribution in [3.63, 3.8) is 0 Å². The van der Waals surface area contributed by atoms with E-state index in [2.05, 4.69) is 68.5 Å². The van der Waals surface area contributed by atoms with Crippen molar-refractivity contribution in [2.45, 2.75) is 186 Å². The number of rotatable bonds is 42. The van der Waals surface area contributed by atoms with Crippen LogP contribution in [0.4, 0.5) is 0 Å². The molecule has 0 saturated heterocycles. The first-order valence-electron chi connectivity index (χ1n) is 36.7. The average molecular weight is 1520 g/mol. The monoisotopic (exact) mass is 1510 g/mol. The predicted octanol–water partition coefficient (Wildman–Crippen LogP) is 1.55. The summed E-state index contributed by atoms with van der Waals surface area (Å²) in [7, 11) is 0. The van der Waals surface area contributed by atoms with Crippen molar-refractivity contribution in [3.05, 3.63) is 168 Å². The van der Waals surface area contributed by atoms with Gasteiger partial charge in [-0.05, 0) is 122 Å². The van der Waals surface area contributed by atoms with Gasteiger partial charge in [0.25, 0.3) is 0 Å². The summed E-state index contributed by atoms with van der Waals surface area (Å²) in [6, 6.07) is 19.8. The highest BCUT2D eigenvalue weighted by Crippen LogP contribution is 2.23. The first kappa shape index (κ1) is 85.1. The van der Waals surface area contributed by atoms with Crippen molar-refractivity contribution in [2.24, 2.45) is 29.0 Å². The molecule has 0 aliphatic heterocycles. The number of para-hydroxylation sites is 2. The maximum Gasteiger partial charge on any atom is 0.243 e. The van der Waals surface area contributed by atoms with Crippen molar-refractivity contribution in [1.82, 2.24) is 68.5 Å². The number of nitrogens with two attached hydrogens (primary N) is 3. The highest BCUT2D eigenvalue weighted by Gasteiger charge is 2.38. The van der Waals surface area contributed by atoms with Gasteiger partial charge >= 0.3 is 0 Å². The topological polar surface area (TPSA) is 504 Å². The van der Waals surface area contributed by atoms with Crippen LogP contribution in [0.2, 0.25) is 0 Å². The first-order chi connectivity index (χ1) is 52.4. The Kier molecular flexibility index (Phi) is 31.9. The zero-order chi connectivity index (χ0) is 80.3. The fourth-order valence-electron chi connectivity index (χ4n) is 12.5. The number of hydrogen-bond donors (Lipinski definition) is 18. The number of primary amides is 2. The number of phenolic OH excluding ortho intramolecular Hbond substituents is 2. The number of nitrogens with one attached hydrogen (secondary N) is 13. The van der Waals surface area contributed by atoms with E-state index in [9.17, 15) is 63.0 Å². The van der Waals surface area contributed by atoms with Crippen molar-refractivity contribution in [2.75, 3.05) is 6.54 Å². The normalized spacial score (nSPS) is 14.5. The molecule has 0 spiro atoms. The van der Waals surface area contributed by atoms with E-state index in [-0.39, 0.29) is 68.9 Å². The second kappa shape index (κ2) is 41.3. The molecule has 21 N–H and O–H groups in total. The van der Waals surface area contributed by atoms with Crippen LogP contribution in [0, 0.1) is 11.8 Å². The summed E-state index contributed by atoms with van der Waals surface area (Å²) in [5, 5.41) is 51.4. The van der Waals surface area contributed by atoms with Crippen LogP contribution in [-0.2, 0) is 94.4 Å². The molecule has 0 radical (unpaired) electrons. The third-order valence-corrected chi connectivity index (χ3v) is 18.7. The lowest BCUT2D eigenvalue weighted by atomic mass is 9.96. The Morgan fingerprint density at radius 2 is 0.773 bits per heavy atom. The van der Waals surface area contributed by atoms with E-state index < -0.39 is 156 Å². The van der Waals surface area contributed by atoms with Crippen LogP contribution in [0.15, 0.2) is 140 Å². The second-order valence-corrected chi connectivity index (χ2v) is 28.1. The molecule has 0 unspecified atom stereocenters. The number of phenols is 2. The predicted molar refractivity (Wildman–Crippen MR) is 411 cm³/mol. The van der Waals surface area contributed by atoms with Gasteiger partial charge in [-0.3, -0.25) is 62.3 Å². The number of unbranched alkanes of at least 4 members (excludes halogenated alkanes) is 1. The number of hydrogen-bond acceptors (Lipinski definition) is 16. The van der Waals surface area contributed by atoms with Gasteiger partial charge < -0.3 is 95.9 Å². The molecule has 0 fully saturated rings. The van der Waals surface area contributed by atoms with Crippen LogP contribution in [-0.4, -0.2) is 170 Å². The van der Waals surface area contributed by atoms with Gasteiger partial charge in [-0.15, -0.1) is 0 Å². The SMILES string of the molecule is CC[C@H](C)[C@H](NC(=O)[C@H](Cc1c[nH]c2ccccc12)NC(=O)[C@H](Cc1ccccc1)NC(=O)[C@H](Cc1ccc(O)cc1)NC(C)=O)C(=O)N[C@@H](C)C(=O)N[C@@H](Cc1c[nH]c2ccccc12)C(=O)N[C@@H](Cc1ccc(O)cc1)C(=O)N[C@@H](CCCCN)C(=O)N[C@@H](CC(C)C)C(=O)N[C@@H](C)C(=O)N[C@@H](CC(N)=O)C(N)=O. The lowest BCUT2D eigenvalue weighted by Crippen LogP contribution is -2.61. The van der Waals surface area contributed by atoms with E-state index in [4.69, 9.17) is 17.2 Å². The molecule has 110 heavy (non-hydrogen) atoms. The minimum Gasteiger partial charge on any atom is -0.508 e. The number of aromatic amines is 2. The molecule has 31 heteroatoms. The summed E-state index contributed by atoms with van der Waals surface area (Å²) in [6.07, 6.45) is 3.12. The average Bonchev–Trinajstić information content (AvgIpc) is 1.63. The number of carbonyl (C=O) groups excluding carboxylic acids is 13. The van der Waals surface area contributed by atoms with E-state index >= 15 is 9.59 Å². The Labute approximate surface area is 637 Å². The molecule has 2 heterocycles. The third kappa shape index (κ3) is 25.8. The molecule has 5 aromatic carbocycles. The summed E-state index contributed by atoms with van der Waals surface area (Å²) in [5.41, 5.74) is 20.7. The number of aromatic nitrogens is 2. The maximum atomic E-state index is 15.2. The maximum absolute atomic E-state index is 15.2. The molecular weight excluding hydrogens is 1410 g/mol. The van der Waals surface area contributed by atoms with Gasteiger partial charge in [0.2, 0.25) is 76.8 Å². The summed E-state index contributed by atoms with van der Waals surface area (Å²) >= 11 is 0. The van der Waals surface area contributed by atoms with Gasteiger partial charge in [0.1, 0.15) is 78.0 Å². The lowest BCUT2D eigenvalue weighted by molar-refractivity contribution is -0.136. The molecule has 588 valence electrons. The van der Waals surface area contributed by atoms with E-state index in [1.165, 1.54) is 57.2 Å². The molecule has 0 saturated carbocycles. The Morgan fingerprint density at radius 3 is 1.21 bits per heavy atom. The Hall–Kier alpha value is -12.1. The molecule has 12 atom stereocenters. The molecule has 2 aromatic heterocycles. The van der Waals surface area contributed by atoms with Gasteiger partial charge in [-0.2, -0.15) is 0 Å². The number of aromatic hydroxyl groups is 2. The fourth-order valence-corrected chi connectivity index (χ4v) is 12.5. The Balaban J connectivity index is 1.14. The number of fused-ring (bicyclic) bond motifs is 2. The number of benzene rings is 5. The van der Waals surface area contributed by atoms with E-state index in [0.29, 0.717) is 58.0 Å². The first-order valence-corrected chi connectivity index (χ1v) is 36.7. The zero-order valence-electron chi connectivity index (χ0n) is 62.7. The number of H-pyrrole nitrogens is 2. The van der Waals surface area contributed by atoms with Crippen molar-refractivity contribution in [3.8, 4) is 11.5 Å². The van der Waals surface area contributed by atoms with Gasteiger partial charge in [0.05, 0.1) is 6.42 Å². The van der Waals surface area contributed by atoms with Crippen molar-refractivity contribution >= 4 is 98.6 Å². The molecule has 0 aliphatic rings. The largest absolute Gasteiger partial charge is 0.508 e. The summed E-state index contributed by atoms with van der Waals surface area (Å²) < 4.78 is 0. The molecule has 13 amide bonds. The quantitative estimate of drug-likeness (QED) is 0.0241. The fraction of sp³-hybridized carbons (Fsp3) is 0.405. The number of carbonyl (C=O) groups is 13. The molecule has 31 nitrogen and oxygen atoms in total. The summed E-state index contributed by atoms with van der Waals surface area (Å²) in [6.45, 7) is 11.2. The molecule has 7 rings (SSSR count). The second-order valence-electron chi connectivity index (χ2n) is 28.1. The van der Waals surface area contributed by atoms with Gasteiger partial charge in [-0.1, -0.05) is 125 Å². The van der Waals surface area contributed by atoms with Gasteiger partial charge in [-0.25, -0.2) is 0 Å². The highest BCUT2D eigenvalue weighted by atomic mass is 16.3. The van der Waals surface area contributed by atoms with Crippen LogP contribution in [0.25, 0.3) is 21.8 Å². The Bertz CT molecular complexity index is 4360. The lowest BCUT2D eigenvalue weighted by Gasteiger charge is -2.29. The minimum absolute atomic E-state index is 0.0117. The summed E-state index contributed by atoms with van der Waals surface area (Å²) in [4.78, 5) is 188. The van der Waals surface area contributed by atoms with Crippen LogP contribution >= 0.6 is 0 Å². The minimum atomic E-state index is -1.52. The van der Waals surface area contributed by atoms with Crippen LogP contribution in [0.5, 0.6) is 11.5 Å². The van der Waals surface area contributed by atoms with E-state index in [0.717, 1.165) is 10.9 Å². The molecule has 7 aromatic rings. The molecule has 0 aliphatic carbocycles. The smallest absolute Gasteiger partial charge is 0.243 e. The van der Waals surface area contributed by atoms with E-state index in [1.54, 1.807) is 113 Å². The van der Waals surface area contributed by atoms with Crippen LogP contribution in [0.1, 0.15) is 115 Å². The van der Waals surface area contributed by atoms with Crippen molar-refractivity contribution in [1.29, 1.82) is 0 Å².